The van der Waals surface area contributed by atoms with E-state index in [0.717, 1.165) is 0 Å². The molecule has 0 aliphatic heterocycles. The highest BCUT2D eigenvalue weighted by atomic mass is 127. The molecule has 106 valence electrons. The van der Waals surface area contributed by atoms with Crippen LogP contribution >= 0.6 is 22.6 Å². The first-order valence-corrected chi connectivity index (χ1v) is 6.03. The van der Waals surface area contributed by atoms with E-state index in [1.165, 1.54) is 13.2 Å². The summed E-state index contributed by atoms with van der Waals surface area (Å²) in [5.74, 6) is -1.57. The zero-order valence-electron chi connectivity index (χ0n) is 9.88. The summed E-state index contributed by atoms with van der Waals surface area (Å²) >= 11 is 1.58. The largest absolute Gasteiger partial charge is 0.574 e. The lowest BCUT2D eigenvalue weighted by Gasteiger charge is -2.13. The van der Waals surface area contributed by atoms with E-state index in [0.29, 0.717) is 0 Å². The third-order valence-corrected chi connectivity index (χ3v) is 2.80. The Labute approximate surface area is 120 Å². The highest BCUT2D eigenvalue weighted by Gasteiger charge is 2.34. The van der Waals surface area contributed by atoms with Gasteiger partial charge in [-0.05, 0) is 29.5 Å². The van der Waals surface area contributed by atoms with Gasteiger partial charge < -0.3 is 14.2 Å². The predicted molar refractivity (Wildman–Crippen MR) is 66.1 cm³/mol. The molecule has 0 radical (unpaired) electrons. The molecule has 0 aliphatic rings. The molecule has 5 nitrogen and oxygen atoms in total. The van der Waals surface area contributed by atoms with Crippen LogP contribution in [-0.2, 0) is 4.74 Å². The smallest absolute Gasteiger partial charge is 0.495 e. The molecule has 0 spiro atoms. The van der Waals surface area contributed by atoms with Crippen molar-refractivity contribution >= 4 is 28.6 Å². The Morgan fingerprint density at radius 1 is 1.47 bits per heavy atom. The third kappa shape index (κ3) is 4.40. The van der Waals surface area contributed by atoms with Crippen molar-refractivity contribution in [2.45, 2.75) is 13.3 Å². The molecule has 0 aromatic carbocycles. The van der Waals surface area contributed by atoms with Crippen molar-refractivity contribution in [1.82, 2.24) is 4.98 Å². The molecule has 0 unspecified atom stereocenters. The van der Waals surface area contributed by atoms with Crippen LogP contribution in [0.1, 0.15) is 17.4 Å². The average Bonchev–Trinajstić information content (AvgIpc) is 2.30. The maximum absolute atomic E-state index is 12.2. The van der Waals surface area contributed by atoms with Gasteiger partial charge in [-0.1, -0.05) is 0 Å². The van der Waals surface area contributed by atoms with Gasteiger partial charge in [-0.25, -0.2) is 9.78 Å². The number of carbonyl (C=O) groups excluding carboxylic acids is 1. The summed E-state index contributed by atoms with van der Waals surface area (Å²) in [6.45, 7) is 1.64. The van der Waals surface area contributed by atoms with Crippen molar-refractivity contribution in [2.24, 2.45) is 0 Å². The second kappa shape index (κ2) is 6.26. The molecule has 0 amide bonds. The van der Waals surface area contributed by atoms with Gasteiger partial charge in [0.2, 0.25) is 5.88 Å². The Bertz CT molecular complexity index is 479. The number of pyridine rings is 1. The van der Waals surface area contributed by atoms with E-state index in [2.05, 4.69) is 14.5 Å². The third-order valence-electron chi connectivity index (χ3n) is 1.81. The van der Waals surface area contributed by atoms with Gasteiger partial charge in [0.05, 0.1) is 13.7 Å². The van der Waals surface area contributed by atoms with Gasteiger partial charge in [0.25, 0.3) is 0 Å². The molecule has 1 aromatic rings. The number of hydrogen-bond donors (Lipinski definition) is 0. The second-order valence-corrected chi connectivity index (χ2v) is 4.18. The van der Waals surface area contributed by atoms with Gasteiger partial charge in [-0.15, -0.1) is 13.2 Å². The van der Waals surface area contributed by atoms with Gasteiger partial charge in [0.15, 0.2) is 5.69 Å². The first kappa shape index (κ1) is 15.8. The van der Waals surface area contributed by atoms with Gasteiger partial charge in [0, 0.05) is 6.07 Å². The zero-order chi connectivity index (χ0) is 14.6. The van der Waals surface area contributed by atoms with Gasteiger partial charge in [-0.3, -0.25) is 0 Å². The molecular formula is C10H9F3INO4. The number of esters is 1. The Hall–Kier alpha value is -1.26. The fraction of sp³-hybridized carbons (Fsp3) is 0.400. The minimum absolute atomic E-state index is 0.00507. The first-order chi connectivity index (χ1) is 8.78. The Morgan fingerprint density at radius 2 is 2.11 bits per heavy atom. The summed E-state index contributed by atoms with van der Waals surface area (Å²) in [5, 5.41) is 0. The lowest BCUT2D eigenvalue weighted by molar-refractivity contribution is -0.276. The van der Waals surface area contributed by atoms with E-state index in [1.807, 2.05) is 0 Å². The number of aromatic nitrogens is 1. The highest BCUT2D eigenvalue weighted by molar-refractivity contribution is 14.1. The average molecular weight is 391 g/mol. The summed E-state index contributed by atoms with van der Waals surface area (Å²) in [6, 6.07) is 1.18. The number of rotatable bonds is 4. The van der Waals surface area contributed by atoms with Crippen LogP contribution in [0, 0.1) is 3.57 Å². The van der Waals surface area contributed by atoms with Crippen LogP contribution in [0.25, 0.3) is 0 Å². The molecule has 1 heterocycles. The summed E-state index contributed by atoms with van der Waals surface area (Å²) in [4.78, 5) is 14.9. The molecule has 1 rings (SSSR count). The molecule has 0 aliphatic carbocycles. The SMILES string of the molecule is CCOC(=O)c1cc(OC)c(I)c(OC(F)(F)F)n1. The van der Waals surface area contributed by atoms with Crippen molar-refractivity contribution in [3.05, 3.63) is 15.3 Å². The molecule has 19 heavy (non-hydrogen) atoms. The summed E-state index contributed by atoms with van der Waals surface area (Å²) in [5.41, 5.74) is -0.321. The number of halogens is 4. The predicted octanol–water partition coefficient (Wildman–Crippen LogP) is 2.77. The monoisotopic (exact) mass is 391 g/mol. The van der Waals surface area contributed by atoms with E-state index in [9.17, 15) is 18.0 Å². The van der Waals surface area contributed by atoms with Crippen molar-refractivity contribution in [3.8, 4) is 11.6 Å². The number of ether oxygens (including phenoxy) is 3. The first-order valence-electron chi connectivity index (χ1n) is 4.96. The van der Waals surface area contributed by atoms with E-state index in [1.54, 1.807) is 29.5 Å². The molecule has 0 atom stereocenters. The van der Waals surface area contributed by atoms with Crippen LogP contribution in [0.4, 0.5) is 13.2 Å². The van der Waals surface area contributed by atoms with Crippen molar-refractivity contribution < 1.29 is 32.2 Å². The Morgan fingerprint density at radius 3 is 2.58 bits per heavy atom. The van der Waals surface area contributed by atoms with Crippen LogP contribution in [0.15, 0.2) is 6.07 Å². The molecule has 0 saturated heterocycles. The second-order valence-electron chi connectivity index (χ2n) is 3.10. The van der Waals surface area contributed by atoms with Gasteiger partial charge in [-0.2, -0.15) is 0 Å². The normalized spacial score (nSPS) is 11.1. The van der Waals surface area contributed by atoms with Crippen LogP contribution in [0.5, 0.6) is 11.6 Å². The quantitative estimate of drug-likeness (QED) is 0.584. The minimum Gasteiger partial charge on any atom is -0.495 e. The molecule has 1 aromatic heterocycles. The maximum atomic E-state index is 12.2. The summed E-state index contributed by atoms with van der Waals surface area (Å²) in [6.07, 6.45) is -4.91. The highest BCUT2D eigenvalue weighted by Crippen LogP contribution is 2.32. The Kier molecular flexibility index (Phi) is 5.20. The van der Waals surface area contributed by atoms with Crippen molar-refractivity contribution in [3.63, 3.8) is 0 Å². The summed E-state index contributed by atoms with van der Waals surface area (Å²) in [7, 11) is 1.25. The molecule has 0 saturated carbocycles. The van der Waals surface area contributed by atoms with Crippen molar-refractivity contribution in [1.29, 1.82) is 0 Å². The van der Waals surface area contributed by atoms with E-state index >= 15 is 0 Å². The minimum atomic E-state index is -4.91. The number of nitrogens with zero attached hydrogens (tertiary/aromatic N) is 1. The lowest BCUT2D eigenvalue weighted by atomic mass is 10.3. The topological polar surface area (TPSA) is 57.7 Å². The van der Waals surface area contributed by atoms with Crippen LogP contribution in [-0.4, -0.2) is 31.0 Å². The molecule has 0 bridgehead atoms. The van der Waals surface area contributed by atoms with Gasteiger partial charge in [0.1, 0.15) is 9.32 Å². The Balaban J connectivity index is 3.22. The number of alkyl halides is 3. The number of carbonyl (C=O) groups is 1. The molecule has 0 fully saturated rings. The maximum Gasteiger partial charge on any atom is 0.574 e. The fourth-order valence-electron chi connectivity index (χ4n) is 1.12. The summed E-state index contributed by atoms with van der Waals surface area (Å²) < 4.78 is 49.9. The standard InChI is InChI=1S/C10H9F3INO4/c1-3-18-9(16)5-4-6(17-2)7(14)8(15-5)19-10(11,12)13/h4H,3H2,1-2H3. The van der Waals surface area contributed by atoms with E-state index < -0.39 is 18.2 Å². The van der Waals surface area contributed by atoms with Crippen LogP contribution in [0.3, 0.4) is 0 Å². The molecule has 9 heteroatoms. The van der Waals surface area contributed by atoms with Gasteiger partial charge >= 0.3 is 12.3 Å². The fourth-order valence-corrected chi connectivity index (χ4v) is 1.73. The number of hydrogen-bond acceptors (Lipinski definition) is 5. The lowest BCUT2D eigenvalue weighted by Crippen LogP contribution is -2.20. The molecule has 0 N–H and O–H groups in total. The van der Waals surface area contributed by atoms with E-state index in [4.69, 9.17) is 4.74 Å². The number of methoxy groups -OCH3 is 1. The van der Waals surface area contributed by atoms with Crippen LogP contribution in [0.2, 0.25) is 0 Å². The zero-order valence-corrected chi connectivity index (χ0v) is 12.0. The van der Waals surface area contributed by atoms with Crippen molar-refractivity contribution in [2.75, 3.05) is 13.7 Å². The van der Waals surface area contributed by atoms with Crippen LogP contribution < -0.4 is 9.47 Å². The molecular weight excluding hydrogens is 382 g/mol. The van der Waals surface area contributed by atoms with E-state index in [-0.39, 0.29) is 21.6 Å².